The van der Waals surface area contributed by atoms with E-state index in [9.17, 15) is 15.3 Å². The van der Waals surface area contributed by atoms with Gasteiger partial charge in [0.05, 0.1) is 24.9 Å². The van der Waals surface area contributed by atoms with Gasteiger partial charge < -0.3 is 29.5 Å². The standard InChI is InChI=1S/C21H31NO6/c1-26-8-18-4-3-13-21-10-5-9-11(27-2)6-19(24,14(10)15(9)23)20(25,7-12(18)21)16(21)22-17(18)28-13/h9-17,22-25H,3-8H2,1-2H3/t9-,10-,11+,12-,13+,14-,15+,16-,17?,18+,19-,20-,21-/m1/s1. The van der Waals surface area contributed by atoms with Gasteiger partial charge in [-0.05, 0) is 37.5 Å². The fraction of sp³-hybridized carbons (Fsp3) is 1.00. The molecule has 0 aromatic rings. The maximum atomic E-state index is 12.2. The molecule has 13 atom stereocenters. The monoisotopic (exact) mass is 393 g/mol. The second-order valence-corrected chi connectivity index (χ2v) is 10.9. The molecule has 5 saturated carbocycles. The average Bonchev–Trinajstić information content (AvgIpc) is 3.06. The Morgan fingerprint density at radius 3 is 2.75 bits per heavy atom. The van der Waals surface area contributed by atoms with Crippen LogP contribution >= 0.6 is 0 Å². The summed E-state index contributed by atoms with van der Waals surface area (Å²) in [6.45, 7) is 0.606. The summed E-state index contributed by atoms with van der Waals surface area (Å²) >= 11 is 0. The maximum Gasteiger partial charge on any atom is 0.117 e. The Morgan fingerprint density at radius 2 is 2.00 bits per heavy atom. The zero-order chi connectivity index (χ0) is 19.3. The van der Waals surface area contributed by atoms with Gasteiger partial charge in [0.15, 0.2) is 0 Å². The summed E-state index contributed by atoms with van der Waals surface area (Å²) in [6.07, 6.45) is 2.91. The lowest BCUT2D eigenvalue weighted by atomic mass is 9.41. The molecule has 5 aliphatic carbocycles. The predicted octanol–water partition coefficient (Wildman–Crippen LogP) is -0.376. The summed E-state index contributed by atoms with van der Waals surface area (Å²) in [5.41, 5.74) is -3.01. The van der Waals surface area contributed by atoms with Gasteiger partial charge in [-0.2, -0.15) is 0 Å². The van der Waals surface area contributed by atoms with Crippen LogP contribution in [0.4, 0.5) is 0 Å². The van der Waals surface area contributed by atoms with Crippen LogP contribution in [0, 0.1) is 34.5 Å². The van der Waals surface area contributed by atoms with Crippen molar-refractivity contribution in [2.24, 2.45) is 34.5 Å². The smallest absolute Gasteiger partial charge is 0.117 e. The molecule has 0 aromatic carbocycles. The first kappa shape index (κ1) is 17.4. The zero-order valence-electron chi connectivity index (χ0n) is 16.5. The van der Waals surface area contributed by atoms with Crippen LogP contribution in [0.15, 0.2) is 0 Å². The Labute approximate surface area is 164 Å². The Bertz CT molecular complexity index is 746. The molecule has 9 bridgehead atoms. The predicted molar refractivity (Wildman–Crippen MR) is 96.1 cm³/mol. The SMILES string of the molecule is COC[C@]12CC[C@@H]3OC1N[C@H]1[C@@]34[C@@H]3C[C@H]5[C@H](O)[C@@H]3[C@](O)(C[C@@H]5OC)[C@@]1(O)C[C@H]24. The summed E-state index contributed by atoms with van der Waals surface area (Å²) in [7, 11) is 3.40. The molecule has 1 spiro atoms. The van der Waals surface area contributed by atoms with E-state index in [2.05, 4.69) is 5.32 Å². The second kappa shape index (κ2) is 4.79. The lowest BCUT2D eigenvalue weighted by molar-refractivity contribution is -0.367. The summed E-state index contributed by atoms with van der Waals surface area (Å²) < 4.78 is 18.0. The molecule has 4 saturated heterocycles. The van der Waals surface area contributed by atoms with Gasteiger partial charge in [-0.1, -0.05) is 0 Å². The van der Waals surface area contributed by atoms with Gasteiger partial charge in [0.25, 0.3) is 0 Å². The van der Waals surface area contributed by atoms with Crippen LogP contribution in [-0.2, 0) is 14.2 Å². The molecule has 0 radical (unpaired) electrons. The van der Waals surface area contributed by atoms with Gasteiger partial charge in [0.1, 0.15) is 17.4 Å². The average molecular weight is 393 g/mol. The van der Waals surface area contributed by atoms with E-state index in [1.54, 1.807) is 14.2 Å². The number of fused-ring (bicyclic) bond motifs is 3. The van der Waals surface area contributed by atoms with E-state index >= 15 is 0 Å². The van der Waals surface area contributed by atoms with Gasteiger partial charge in [-0.25, -0.2) is 0 Å². The highest BCUT2D eigenvalue weighted by molar-refractivity contribution is 5.40. The van der Waals surface area contributed by atoms with Crippen molar-refractivity contribution in [3.8, 4) is 0 Å². The normalized spacial score (nSPS) is 70.0. The van der Waals surface area contributed by atoms with Crippen LogP contribution in [0.3, 0.4) is 0 Å². The fourth-order valence-corrected chi connectivity index (χ4v) is 10.2. The molecule has 9 rings (SSSR count). The molecule has 9 fully saturated rings. The number of aliphatic hydroxyl groups excluding tert-OH is 1. The van der Waals surface area contributed by atoms with E-state index in [0.717, 1.165) is 19.3 Å². The number of hydrogen-bond donors (Lipinski definition) is 4. The summed E-state index contributed by atoms with van der Waals surface area (Å²) in [4.78, 5) is 0. The first-order valence-electron chi connectivity index (χ1n) is 10.9. The summed E-state index contributed by atoms with van der Waals surface area (Å²) in [6, 6.07) is -0.188. The molecule has 7 nitrogen and oxygen atoms in total. The third-order valence-electron chi connectivity index (χ3n) is 10.8. The Kier molecular flexibility index (Phi) is 2.98. The molecule has 28 heavy (non-hydrogen) atoms. The number of piperidine rings is 1. The van der Waals surface area contributed by atoms with Crippen molar-refractivity contribution in [3.05, 3.63) is 0 Å². The van der Waals surface area contributed by atoms with Crippen molar-refractivity contribution < 1.29 is 29.5 Å². The van der Waals surface area contributed by atoms with E-state index in [1.807, 2.05) is 0 Å². The fourth-order valence-electron chi connectivity index (χ4n) is 10.2. The number of methoxy groups -OCH3 is 2. The van der Waals surface area contributed by atoms with Crippen LogP contribution < -0.4 is 5.32 Å². The number of ether oxygens (including phenoxy) is 3. The molecule has 4 aliphatic heterocycles. The third kappa shape index (κ3) is 1.38. The zero-order valence-corrected chi connectivity index (χ0v) is 16.5. The number of rotatable bonds is 3. The maximum absolute atomic E-state index is 12.2. The quantitative estimate of drug-likeness (QED) is 0.519. The van der Waals surface area contributed by atoms with Crippen molar-refractivity contribution in [3.63, 3.8) is 0 Å². The van der Waals surface area contributed by atoms with E-state index < -0.39 is 17.3 Å². The van der Waals surface area contributed by atoms with Gasteiger partial charge in [-0.15, -0.1) is 0 Å². The van der Waals surface area contributed by atoms with Crippen LogP contribution in [0.25, 0.3) is 0 Å². The van der Waals surface area contributed by atoms with Crippen LogP contribution in [0.2, 0.25) is 0 Å². The molecule has 1 unspecified atom stereocenters. The van der Waals surface area contributed by atoms with Gasteiger partial charge >= 0.3 is 0 Å². The number of hydrogen-bond acceptors (Lipinski definition) is 7. The molecule has 4 heterocycles. The highest BCUT2D eigenvalue weighted by atomic mass is 16.5. The molecule has 7 heteroatoms. The van der Waals surface area contributed by atoms with E-state index in [1.165, 1.54) is 0 Å². The van der Waals surface area contributed by atoms with Crippen LogP contribution in [0.1, 0.15) is 32.1 Å². The van der Waals surface area contributed by atoms with Crippen molar-refractivity contribution >= 4 is 0 Å². The Morgan fingerprint density at radius 1 is 1.18 bits per heavy atom. The molecule has 0 amide bonds. The first-order valence-corrected chi connectivity index (χ1v) is 10.9. The van der Waals surface area contributed by atoms with Crippen molar-refractivity contribution in [1.29, 1.82) is 0 Å². The minimum absolute atomic E-state index is 0.0213. The second-order valence-electron chi connectivity index (χ2n) is 10.9. The highest BCUT2D eigenvalue weighted by Crippen LogP contribution is 2.81. The Balaban J connectivity index is 1.48. The van der Waals surface area contributed by atoms with Crippen LogP contribution in [0.5, 0.6) is 0 Å². The van der Waals surface area contributed by atoms with Crippen molar-refractivity contribution in [2.75, 3.05) is 20.8 Å². The Hall–Kier alpha value is -0.280. The topological polar surface area (TPSA) is 100 Å². The van der Waals surface area contributed by atoms with Crippen LogP contribution in [-0.4, -0.2) is 77.9 Å². The molecule has 9 aliphatic rings. The first-order chi connectivity index (χ1) is 13.4. The molecular weight excluding hydrogens is 362 g/mol. The van der Waals surface area contributed by atoms with E-state index in [0.29, 0.717) is 19.4 Å². The summed E-state index contributed by atoms with van der Waals surface area (Å²) in [5.74, 6) is 0.0926. The lowest BCUT2D eigenvalue weighted by Gasteiger charge is -2.74. The van der Waals surface area contributed by atoms with Gasteiger partial charge in [0, 0.05) is 49.3 Å². The van der Waals surface area contributed by atoms with Crippen molar-refractivity contribution in [1.82, 2.24) is 5.32 Å². The molecule has 0 aromatic heterocycles. The van der Waals surface area contributed by atoms with E-state index in [-0.39, 0.29) is 59.0 Å². The van der Waals surface area contributed by atoms with E-state index in [4.69, 9.17) is 14.2 Å². The number of aliphatic hydroxyl groups is 3. The molecular formula is C21H31NO6. The largest absolute Gasteiger partial charge is 0.392 e. The van der Waals surface area contributed by atoms with Gasteiger partial charge in [0.2, 0.25) is 0 Å². The molecule has 4 N–H and O–H groups in total. The lowest BCUT2D eigenvalue weighted by Crippen LogP contribution is -2.86. The minimum atomic E-state index is -1.33. The third-order valence-corrected chi connectivity index (χ3v) is 10.8. The molecule has 156 valence electrons. The minimum Gasteiger partial charge on any atom is -0.392 e. The van der Waals surface area contributed by atoms with Crippen molar-refractivity contribution in [2.45, 2.75) is 73.9 Å². The highest BCUT2D eigenvalue weighted by Gasteiger charge is 2.90. The summed E-state index contributed by atoms with van der Waals surface area (Å²) in [5, 5.41) is 39.2. The van der Waals surface area contributed by atoms with Gasteiger partial charge in [-0.3, -0.25) is 5.32 Å². The number of nitrogens with one attached hydrogen (secondary N) is 1.